The van der Waals surface area contributed by atoms with Crippen LogP contribution in [0.15, 0.2) is 30.3 Å². The molecule has 0 amide bonds. The summed E-state index contributed by atoms with van der Waals surface area (Å²) in [6, 6.07) is 11.3. The molecule has 14 heavy (non-hydrogen) atoms. The molecule has 0 saturated carbocycles. The predicted octanol–water partition coefficient (Wildman–Crippen LogP) is 3.40. The van der Waals surface area contributed by atoms with Crippen molar-refractivity contribution in [1.82, 2.24) is 4.90 Å². The van der Waals surface area contributed by atoms with E-state index in [2.05, 4.69) is 42.3 Å². The fourth-order valence-electron chi connectivity index (χ4n) is 2.22. The SMILES string of the molecule is [CH2-]N1CCCCCC1c1ccccc1. The van der Waals surface area contributed by atoms with Crippen LogP contribution in [0.4, 0.5) is 0 Å². The molecule has 0 radical (unpaired) electrons. The van der Waals surface area contributed by atoms with Crippen molar-refractivity contribution in [3.63, 3.8) is 0 Å². The van der Waals surface area contributed by atoms with Crippen molar-refractivity contribution in [2.24, 2.45) is 0 Å². The van der Waals surface area contributed by atoms with Crippen LogP contribution in [0.25, 0.3) is 0 Å². The van der Waals surface area contributed by atoms with Crippen molar-refractivity contribution in [3.05, 3.63) is 42.9 Å². The molecule has 1 heteroatoms. The maximum absolute atomic E-state index is 4.15. The summed E-state index contributed by atoms with van der Waals surface area (Å²) < 4.78 is 0. The summed E-state index contributed by atoms with van der Waals surface area (Å²) >= 11 is 0. The van der Waals surface area contributed by atoms with E-state index < -0.39 is 0 Å². The second-order valence-electron chi connectivity index (χ2n) is 4.09. The monoisotopic (exact) mass is 188 g/mol. The van der Waals surface area contributed by atoms with Gasteiger partial charge in [-0.05, 0) is 24.9 Å². The molecule has 2 rings (SSSR count). The smallest absolute Gasteiger partial charge is 0.00728 e. The number of likely N-dealkylation sites (tertiary alicyclic amines) is 1. The Bertz CT molecular complexity index is 268. The topological polar surface area (TPSA) is 3.24 Å². The van der Waals surface area contributed by atoms with Gasteiger partial charge in [-0.15, -0.1) is 0 Å². The van der Waals surface area contributed by atoms with E-state index in [0.29, 0.717) is 6.04 Å². The van der Waals surface area contributed by atoms with Gasteiger partial charge in [0.25, 0.3) is 0 Å². The highest BCUT2D eigenvalue weighted by Gasteiger charge is 2.14. The molecule has 0 N–H and O–H groups in total. The molecule has 0 aliphatic carbocycles. The maximum atomic E-state index is 4.15. The standard InChI is InChI=1S/C13H18N/c1-14-11-7-3-6-10-13(14)12-8-4-2-5-9-12/h2,4-5,8-9,13H,1,3,6-7,10-11H2/q-1. The van der Waals surface area contributed by atoms with Gasteiger partial charge in [0.15, 0.2) is 0 Å². The molecule has 0 bridgehead atoms. The maximum Gasteiger partial charge on any atom is 0.00728 e. The normalized spacial score (nSPS) is 24.5. The Labute approximate surface area is 86.7 Å². The van der Waals surface area contributed by atoms with Crippen molar-refractivity contribution >= 4 is 0 Å². The van der Waals surface area contributed by atoms with Gasteiger partial charge in [-0.25, -0.2) is 0 Å². The molecule has 76 valence electrons. The van der Waals surface area contributed by atoms with Crippen molar-refractivity contribution in [2.45, 2.75) is 31.7 Å². The van der Waals surface area contributed by atoms with Crippen LogP contribution < -0.4 is 0 Å². The minimum Gasteiger partial charge on any atom is -0.453 e. The Hall–Kier alpha value is -0.820. The average molecular weight is 188 g/mol. The number of benzene rings is 1. The number of hydrogen-bond acceptors (Lipinski definition) is 1. The molecule has 0 aromatic heterocycles. The van der Waals surface area contributed by atoms with E-state index in [1.165, 1.54) is 31.2 Å². The summed E-state index contributed by atoms with van der Waals surface area (Å²) in [6.07, 6.45) is 5.25. The second kappa shape index (κ2) is 4.61. The molecule has 1 heterocycles. The zero-order valence-electron chi connectivity index (χ0n) is 8.65. The Balaban J connectivity index is 2.15. The molecule has 1 aromatic carbocycles. The van der Waals surface area contributed by atoms with Gasteiger partial charge < -0.3 is 4.90 Å². The van der Waals surface area contributed by atoms with Gasteiger partial charge >= 0.3 is 0 Å². The van der Waals surface area contributed by atoms with Gasteiger partial charge in [0.05, 0.1) is 0 Å². The lowest BCUT2D eigenvalue weighted by molar-refractivity contribution is 0.280. The van der Waals surface area contributed by atoms with Crippen LogP contribution in [-0.2, 0) is 0 Å². The van der Waals surface area contributed by atoms with Crippen LogP contribution in [0.5, 0.6) is 0 Å². The zero-order chi connectivity index (χ0) is 9.80. The second-order valence-corrected chi connectivity index (χ2v) is 4.09. The van der Waals surface area contributed by atoms with E-state index in [1.54, 1.807) is 0 Å². The van der Waals surface area contributed by atoms with E-state index in [4.69, 9.17) is 0 Å². The fourth-order valence-corrected chi connectivity index (χ4v) is 2.22. The first-order valence-corrected chi connectivity index (χ1v) is 5.50. The first-order chi connectivity index (χ1) is 6.88. The summed E-state index contributed by atoms with van der Waals surface area (Å²) in [5.41, 5.74) is 1.42. The van der Waals surface area contributed by atoms with Crippen molar-refractivity contribution in [2.75, 3.05) is 6.54 Å². The summed E-state index contributed by atoms with van der Waals surface area (Å²) in [5, 5.41) is 0. The third-order valence-electron chi connectivity index (χ3n) is 3.05. The molecule has 1 aromatic rings. The Morgan fingerprint density at radius 2 is 1.86 bits per heavy atom. The molecule has 1 nitrogen and oxygen atoms in total. The third kappa shape index (κ3) is 2.16. The molecular weight excluding hydrogens is 170 g/mol. The number of hydrogen-bond donors (Lipinski definition) is 0. The van der Waals surface area contributed by atoms with Crippen LogP contribution in [0.3, 0.4) is 0 Å². The highest BCUT2D eigenvalue weighted by Crippen LogP contribution is 2.28. The molecule has 1 atom stereocenters. The van der Waals surface area contributed by atoms with E-state index in [-0.39, 0.29) is 0 Å². The predicted molar refractivity (Wildman–Crippen MR) is 59.7 cm³/mol. The Kier molecular flexibility index (Phi) is 3.20. The lowest BCUT2D eigenvalue weighted by Gasteiger charge is -2.33. The molecule has 1 unspecified atom stereocenters. The van der Waals surface area contributed by atoms with Crippen molar-refractivity contribution < 1.29 is 0 Å². The van der Waals surface area contributed by atoms with Gasteiger partial charge in [0.1, 0.15) is 0 Å². The fraction of sp³-hybridized carbons (Fsp3) is 0.462. The minimum absolute atomic E-state index is 0.540. The minimum atomic E-state index is 0.540. The van der Waals surface area contributed by atoms with Crippen LogP contribution >= 0.6 is 0 Å². The van der Waals surface area contributed by atoms with E-state index >= 15 is 0 Å². The van der Waals surface area contributed by atoms with Gasteiger partial charge in [-0.1, -0.05) is 43.2 Å². The third-order valence-corrected chi connectivity index (χ3v) is 3.05. The molecule has 0 spiro atoms. The van der Waals surface area contributed by atoms with Crippen molar-refractivity contribution in [3.8, 4) is 0 Å². The highest BCUT2D eigenvalue weighted by atomic mass is 15.1. The molecule has 1 saturated heterocycles. The lowest BCUT2D eigenvalue weighted by Crippen LogP contribution is -2.21. The largest absolute Gasteiger partial charge is 0.453 e. The van der Waals surface area contributed by atoms with Crippen LogP contribution in [-0.4, -0.2) is 11.4 Å². The number of rotatable bonds is 1. The highest BCUT2D eigenvalue weighted by molar-refractivity contribution is 5.19. The Morgan fingerprint density at radius 3 is 2.64 bits per heavy atom. The number of nitrogens with zero attached hydrogens (tertiary/aromatic N) is 1. The van der Waals surface area contributed by atoms with E-state index in [1.807, 2.05) is 0 Å². The van der Waals surface area contributed by atoms with Gasteiger partial charge in [-0.2, -0.15) is 0 Å². The van der Waals surface area contributed by atoms with Gasteiger partial charge in [-0.3, -0.25) is 7.05 Å². The zero-order valence-corrected chi connectivity index (χ0v) is 8.65. The lowest BCUT2D eigenvalue weighted by atomic mass is 10.0. The van der Waals surface area contributed by atoms with Crippen LogP contribution in [0, 0.1) is 7.05 Å². The van der Waals surface area contributed by atoms with E-state index in [0.717, 1.165) is 6.54 Å². The van der Waals surface area contributed by atoms with Crippen molar-refractivity contribution in [1.29, 1.82) is 0 Å². The van der Waals surface area contributed by atoms with Gasteiger partial charge in [0.2, 0.25) is 0 Å². The molecule has 1 aliphatic heterocycles. The van der Waals surface area contributed by atoms with E-state index in [9.17, 15) is 0 Å². The quantitative estimate of drug-likeness (QED) is 0.611. The molecule has 1 aliphatic rings. The Morgan fingerprint density at radius 1 is 1.07 bits per heavy atom. The van der Waals surface area contributed by atoms with Crippen LogP contribution in [0.2, 0.25) is 0 Å². The average Bonchev–Trinajstić information content (AvgIpc) is 2.44. The first kappa shape index (κ1) is 9.72. The van der Waals surface area contributed by atoms with Gasteiger partial charge in [0, 0.05) is 6.04 Å². The summed E-state index contributed by atoms with van der Waals surface area (Å²) in [5.74, 6) is 0. The molecule has 1 fully saturated rings. The van der Waals surface area contributed by atoms with Crippen LogP contribution in [0.1, 0.15) is 37.3 Å². The summed E-state index contributed by atoms with van der Waals surface area (Å²) in [7, 11) is 4.15. The molecular formula is C13H18N-. The first-order valence-electron chi connectivity index (χ1n) is 5.50. The summed E-state index contributed by atoms with van der Waals surface area (Å²) in [4.78, 5) is 2.25. The summed E-state index contributed by atoms with van der Waals surface area (Å²) in [6.45, 7) is 1.14.